The Balaban J connectivity index is 1.73. The highest BCUT2D eigenvalue weighted by Crippen LogP contribution is 2.20. The summed E-state index contributed by atoms with van der Waals surface area (Å²) in [5, 5.41) is 0. The predicted molar refractivity (Wildman–Crippen MR) is 110 cm³/mol. The first-order valence-electron chi connectivity index (χ1n) is 9.73. The molecule has 6 nitrogen and oxygen atoms in total. The second kappa shape index (κ2) is 8.37. The first-order chi connectivity index (χ1) is 13.0. The van der Waals surface area contributed by atoms with Crippen LogP contribution in [0, 0.1) is 13.8 Å². The maximum Gasteiger partial charge on any atom is 0.272 e. The van der Waals surface area contributed by atoms with E-state index >= 15 is 0 Å². The van der Waals surface area contributed by atoms with Crippen molar-refractivity contribution < 1.29 is 4.79 Å². The Hall–Kier alpha value is -2.63. The normalized spacial score (nSPS) is 14.4. The molecular weight excluding hydrogens is 338 g/mol. The molecule has 27 heavy (non-hydrogen) atoms. The van der Waals surface area contributed by atoms with Crippen molar-refractivity contribution in [1.82, 2.24) is 14.9 Å². The molecule has 1 aromatic heterocycles. The van der Waals surface area contributed by atoms with Crippen molar-refractivity contribution in [2.75, 3.05) is 49.1 Å². The number of aromatic nitrogens is 2. The number of benzene rings is 1. The second-order valence-corrected chi connectivity index (χ2v) is 6.99. The number of hydrogen-bond acceptors (Lipinski definition) is 5. The van der Waals surface area contributed by atoms with Gasteiger partial charge in [-0.2, -0.15) is 0 Å². The highest BCUT2D eigenvalue weighted by molar-refractivity contribution is 5.92. The van der Waals surface area contributed by atoms with Gasteiger partial charge in [-0.15, -0.1) is 0 Å². The van der Waals surface area contributed by atoms with E-state index in [1.165, 1.54) is 11.3 Å². The van der Waals surface area contributed by atoms with Crippen LogP contribution in [0.2, 0.25) is 0 Å². The molecule has 0 saturated carbocycles. The zero-order valence-corrected chi connectivity index (χ0v) is 16.8. The van der Waals surface area contributed by atoms with Crippen LogP contribution in [0.1, 0.15) is 35.6 Å². The Bertz CT molecular complexity index is 795. The Morgan fingerprint density at radius 1 is 1.00 bits per heavy atom. The Morgan fingerprint density at radius 3 is 2.30 bits per heavy atom. The summed E-state index contributed by atoms with van der Waals surface area (Å²) in [6.45, 7) is 12.9. The monoisotopic (exact) mass is 367 g/mol. The number of rotatable bonds is 5. The summed E-state index contributed by atoms with van der Waals surface area (Å²) in [6, 6.07) is 10.4. The van der Waals surface area contributed by atoms with Crippen molar-refractivity contribution in [2.45, 2.75) is 27.7 Å². The first kappa shape index (κ1) is 19.1. The lowest BCUT2D eigenvalue weighted by molar-refractivity contribution is 0.0767. The lowest BCUT2D eigenvalue weighted by Crippen LogP contribution is -2.47. The molecule has 0 N–H and O–H groups in total. The third-order valence-corrected chi connectivity index (χ3v) is 5.04. The van der Waals surface area contributed by atoms with Crippen molar-refractivity contribution in [1.29, 1.82) is 0 Å². The van der Waals surface area contributed by atoms with E-state index in [1.807, 2.05) is 20.8 Å². The third kappa shape index (κ3) is 4.38. The first-order valence-corrected chi connectivity index (χ1v) is 9.73. The number of hydrogen-bond donors (Lipinski definition) is 0. The average Bonchev–Trinajstić information content (AvgIpc) is 2.68. The Labute approximate surface area is 161 Å². The van der Waals surface area contributed by atoms with E-state index in [0.29, 0.717) is 24.7 Å². The molecule has 2 aromatic rings. The molecule has 0 radical (unpaired) electrons. The molecule has 0 aliphatic carbocycles. The molecule has 0 spiro atoms. The van der Waals surface area contributed by atoms with Gasteiger partial charge in [0.1, 0.15) is 5.69 Å². The molecule has 1 aliphatic rings. The zero-order valence-electron chi connectivity index (χ0n) is 16.8. The van der Waals surface area contributed by atoms with Gasteiger partial charge in [0.15, 0.2) is 0 Å². The van der Waals surface area contributed by atoms with Gasteiger partial charge < -0.3 is 14.7 Å². The molecule has 1 aliphatic heterocycles. The summed E-state index contributed by atoms with van der Waals surface area (Å²) < 4.78 is 0. The number of nitrogens with zero attached hydrogens (tertiary/aromatic N) is 5. The molecule has 2 heterocycles. The van der Waals surface area contributed by atoms with Crippen molar-refractivity contribution in [3.63, 3.8) is 0 Å². The second-order valence-electron chi connectivity index (χ2n) is 6.99. The minimum absolute atomic E-state index is 0.0230. The predicted octanol–water partition coefficient (Wildman–Crippen LogP) is 2.90. The molecule has 1 amide bonds. The summed E-state index contributed by atoms with van der Waals surface area (Å²) in [4.78, 5) is 28.2. The van der Waals surface area contributed by atoms with Gasteiger partial charge in [0.25, 0.3) is 5.91 Å². The van der Waals surface area contributed by atoms with Crippen LogP contribution in [0.3, 0.4) is 0 Å². The minimum Gasteiger partial charge on any atom is -0.368 e. The van der Waals surface area contributed by atoms with E-state index in [0.717, 1.165) is 31.9 Å². The fourth-order valence-electron chi connectivity index (χ4n) is 3.47. The van der Waals surface area contributed by atoms with Crippen LogP contribution in [0.4, 0.5) is 11.6 Å². The van der Waals surface area contributed by atoms with Crippen LogP contribution in [-0.4, -0.2) is 60.0 Å². The zero-order chi connectivity index (χ0) is 19.4. The Kier molecular flexibility index (Phi) is 5.94. The van der Waals surface area contributed by atoms with Crippen molar-refractivity contribution in [2.24, 2.45) is 0 Å². The van der Waals surface area contributed by atoms with Gasteiger partial charge in [0.05, 0.1) is 0 Å². The molecule has 1 fully saturated rings. The average molecular weight is 367 g/mol. The van der Waals surface area contributed by atoms with E-state index in [2.05, 4.69) is 51.0 Å². The molecule has 0 unspecified atom stereocenters. The summed E-state index contributed by atoms with van der Waals surface area (Å²) in [6.07, 6.45) is 0. The fourth-order valence-corrected chi connectivity index (χ4v) is 3.47. The standard InChI is InChI=1S/C21H29N5O/c1-5-24(6-2)20(27)19-15-17(4)22-21(23-19)26-12-10-25(11-13-26)18-9-7-8-16(3)14-18/h7-9,14-15H,5-6,10-13H2,1-4H3. The van der Waals surface area contributed by atoms with E-state index in [1.54, 1.807) is 11.0 Å². The number of aryl methyl sites for hydroxylation is 2. The fraction of sp³-hybridized carbons (Fsp3) is 0.476. The maximum absolute atomic E-state index is 12.7. The topological polar surface area (TPSA) is 52.6 Å². The van der Waals surface area contributed by atoms with Gasteiger partial charge in [-0.3, -0.25) is 4.79 Å². The number of anilines is 2. The number of piperazine rings is 1. The Morgan fingerprint density at radius 2 is 1.67 bits per heavy atom. The van der Waals surface area contributed by atoms with E-state index in [-0.39, 0.29) is 5.91 Å². The van der Waals surface area contributed by atoms with Crippen LogP contribution < -0.4 is 9.80 Å². The maximum atomic E-state index is 12.7. The lowest BCUT2D eigenvalue weighted by atomic mass is 10.2. The van der Waals surface area contributed by atoms with Gasteiger partial charge in [0.2, 0.25) is 5.95 Å². The van der Waals surface area contributed by atoms with Crippen LogP contribution in [0.5, 0.6) is 0 Å². The van der Waals surface area contributed by atoms with Crippen LogP contribution in [0.25, 0.3) is 0 Å². The molecule has 1 saturated heterocycles. The highest BCUT2D eigenvalue weighted by atomic mass is 16.2. The summed E-state index contributed by atoms with van der Waals surface area (Å²) in [7, 11) is 0. The van der Waals surface area contributed by atoms with Crippen LogP contribution in [-0.2, 0) is 0 Å². The van der Waals surface area contributed by atoms with Crippen molar-refractivity contribution in [3.8, 4) is 0 Å². The highest BCUT2D eigenvalue weighted by Gasteiger charge is 2.22. The summed E-state index contributed by atoms with van der Waals surface area (Å²) in [5.41, 5.74) is 3.85. The minimum atomic E-state index is -0.0230. The SMILES string of the molecule is CCN(CC)C(=O)c1cc(C)nc(N2CCN(c3cccc(C)c3)CC2)n1. The lowest BCUT2D eigenvalue weighted by Gasteiger charge is -2.36. The molecule has 0 atom stereocenters. The molecular formula is C21H29N5O. The molecule has 3 rings (SSSR count). The van der Waals surface area contributed by atoms with E-state index < -0.39 is 0 Å². The van der Waals surface area contributed by atoms with Gasteiger partial charge in [-0.05, 0) is 51.5 Å². The summed E-state index contributed by atoms with van der Waals surface area (Å²) in [5.74, 6) is 0.638. The van der Waals surface area contributed by atoms with Gasteiger partial charge >= 0.3 is 0 Å². The quantitative estimate of drug-likeness (QED) is 0.813. The molecule has 144 valence electrons. The van der Waals surface area contributed by atoms with E-state index in [9.17, 15) is 4.79 Å². The van der Waals surface area contributed by atoms with Crippen molar-refractivity contribution in [3.05, 3.63) is 47.3 Å². The smallest absolute Gasteiger partial charge is 0.272 e. The van der Waals surface area contributed by atoms with Crippen LogP contribution in [0.15, 0.2) is 30.3 Å². The van der Waals surface area contributed by atoms with Gasteiger partial charge in [-0.1, -0.05) is 12.1 Å². The summed E-state index contributed by atoms with van der Waals surface area (Å²) >= 11 is 0. The molecule has 6 heteroatoms. The van der Waals surface area contributed by atoms with Gasteiger partial charge in [-0.25, -0.2) is 9.97 Å². The number of amides is 1. The molecule has 1 aromatic carbocycles. The van der Waals surface area contributed by atoms with Crippen LogP contribution >= 0.6 is 0 Å². The van der Waals surface area contributed by atoms with Crippen molar-refractivity contribution >= 4 is 17.5 Å². The molecule has 0 bridgehead atoms. The van der Waals surface area contributed by atoms with Gasteiger partial charge in [0, 0.05) is 50.6 Å². The largest absolute Gasteiger partial charge is 0.368 e. The number of carbonyl (C=O) groups is 1. The third-order valence-electron chi connectivity index (χ3n) is 5.04. The number of carbonyl (C=O) groups excluding carboxylic acids is 1. The van der Waals surface area contributed by atoms with E-state index in [4.69, 9.17) is 0 Å².